The fourth-order valence-electron chi connectivity index (χ4n) is 2.69. The fraction of sp³-hybridized carbons (Fsp3) is 0.267. The smallest absolute Gasteiger partial charge is 0.252 e. The van der Waals surface area contributed by atoms with Gasteiger partial charge in [0.1, 0.15) is 15.7 Å². The average molecular weight is 394 g/mol. The Labute approximate surface area is 153 Å². The number of thiophene rings is 1. The standard InChI is InChI=1S/C15H15N5O2S3/c21-25(22,15-5-4-13(24-15)12-11-23-18-17-12)20-9-7-19(8-10-20)14-3-1-2-6-16-14/h1-6,11H,7-10H2. The van der Waals surface area contributed by atoms with Crippen molar-refractivity contribution in [2.24, 2.45) is 0 Å². The summed E-state index contributed by atoms with van der Waals surface area (Å²) in [5.41, 5.74) is 0.719. The van der Waals surface area contributed by atoms with Crippen molar-refractivity contribution in [2.45, 2.75) is 4.21 Å². The first-order valence-corrected chi connectivity index (χ1v) is 10.8. The Morgan fingerprint density at radius 3 is 2.56 bits per heavy atom. The highest BCUT2D eigenvalue weighted by Crippen LogP contribution is 2.32. The Morgan fingerprint density at radius 2 is 1.88 bits per heavy atom. The Morgan fingerprint density at radius 1 is 1.04 bits per heavy atom. The summed E-state index contributed by atoms with van der Waals surface area (Å²) in [5, 5.41) is 5.81. The molecule has 1 fully saturated rings. The molecule has 0 spiro atoms. The van der Waals surface area contributed by atoms with Gasteiger partial charge in [-0.15, -0.1) is 16.4 Å². The summed E-state index contributed by atoms with van der Waals surface area (Å²) < 4.78 is 31.5. The molecule has 0 N–H and O–H groups in total. The quantitative estimate of drug-likeness (QED) is 0.676. The van der Waals surface area contributed by atoms with E-state index in [0.29, 0.717) is 30.4 Å². The summed E-state index contributed by atoms with van der Waals surface area (Å²) in [6.07, 6.45) is 1.75. The van der Waals surface area contributed by atoms with Gasteiger partial charge in [-0.05, 0) is 35.8 Å². The normalized spacial score (nSPS) is 16.2. The Kier molecular flexibility index (Phi) is 4.50. The van der Waals surface area contributed by atoms with E-state index in [1.165, 1.54) is 22.9 Å². The molecule has 0 bridgehead atoms. The molecule has 4 heterocycles. The number of rotatable bonds is 4. The van der Waals surface area contributed by atoms with E-state index in [4.69, 9.17) is 0 Å². The molecule has 4 rings (SSSR count). The minimum Gasteiger partial charge on any atom is -0.354 e. The van der Waals surface area contributed by atoms with Crippen molar-refractivity contribution in [3.05, 3.63) is 41.9 Å². The number of nitrogens with zero attached hydrogens (tertiary/aromatic N) is 5. The number of sulfonamides is 1. The van der Waals surface area contributed by atoms with Gasteiger partial charge >= 0.3 is 0 Å². The van der Waals surface area contributed by atoms with Crippen LogP contribution in [0.25, 0.3) is 10.6 Å². The van der Waals surface area contributed by atoms with Crippen LogP contribution in [0.1, 0.15) is 0 Å². The van der Waals surface area contributed by atoms with Crippen LogP contribution in [0, 0.1) is 0 Å². The molecule has 3 aromatic heterocycles. The first-order chi connectivity index (χ1) is 12.1. The lowest BCUT2D eigenvalue weighted by molar-refractivity contribution is 0.385. The number of aromatic nitrogens is 3. The van der Waals surface area contributed by atoms with Crippen molar-refractivity contribution in [1.82, 2.24) is 18.9 Å². The Bertz CT molecular complexity index is 933. The number of hydrogen-bond acceptors (Lipinski definition) is 8. The molecule has 1 aliphatic rings. The van der Waals surface area contributed by atoms with Gasteiger partial charge in [0.05, 0.1) is 4.88 Å². The van der Waals surface area contributed by atoms with Gasteiger partial charge in [0.15, 0.2) is 0 Å². The van der Waals surface area contributed by atoms with E-state index in [2.05, 4.69) is 19.5 Å². The van der Waals surface area contributed by atoms with Crippen molar-refractivity contribution in [3.8, 4) is 10.6 Å². The third kappa shape index (κ3) is 3.30. The lowest BCUT2D eigenvalue weighted by Gasteiger charge is -2.34. The first-order valence-electron chi connectivity index (χ1n) is 7.68. The van der Waals surface area contributed by atoms with E-state index in [1.54, 1.807) is 22.6 Å². The topological polar surface area (TPSA) is 79.3 Å². The van der Waals surface area contributed by atoms with Gasteiger partial charge in [0.2, 0.25) is 0 Å². The van der Waals surface area contributed by atoms with Crippen molar-refractivity contribution >= 4 is 38.7 Å². The van der Waals surface area contributed by atoms with Crippen LogP contribution in [0.5, 0.6) is 0 Å². The van der Waals surface area contributed by atoms with Crippen LogP contribution in [0.15, 0.2) is 46.1 Å². The summed E-state index contributed by atoms with van der Waals surface area (Å²) in [7, 11) is -3.48. The predicted molar refractivity (Wildman–Crippen MR) is 98.4 cm³/mol. The monoisotopic (exact) mass is 393 g/mol. The van der Waals surface area contributed by atoms with Crippen LogP contribution in [-0.2, 0) is 10.0 Å². The van der Waals surface area contributed by atoms with Crippen LogP contribution < -0.4 is 4.90 Å². The van der Waals surface area contributed by atoms with E-state index in [0.717, 1.165) is 16.4 Å². The molecule has 1 aliphatic heterocycles. The number of hydrogen-bond donors (Lipinski definition) is 0. The second kappa shape index (κ2) is 6.79. The molecule has 7 nitrogen and oxygen atoms in total. The maximum Gasteiger partial charge on any atom is 0.252 e. The molecule has 0 atom stereocenters. The molecule has 0 amide bonds. The third-order valence-corrected chi connectivity index (χ3v) is 7.98. The highest BCUT2D eigenvalue weighted by atomic mass is 32.2. The van der Waals surface area contributed by atoms with Crippen LogP contribution in [-0.4, -0.2) is 53.5 Å². The largest absolute Gasteiger partial charge is 0.354 e. The summed E-state index contributed by atoms with van der Waals surface area (Å²) in [6.45, 7) is 2.16. The molecule has 1 saturated heterocycles. The van der Waals surface area contributed by atoms with E-state index < -0.39 is 10.0 Å². The third-order valence-electron chi connectivity index (χ3n) is 4.00. The number of pyridine rings is 1. The van der Waals surface area contributed by atoms with E-state index >= 15 is 0 Å². The maximum atomic E-state index is 12.9. The van der Waals surface area contributed by atoms with Gasteiger partial charge in [-0.25, -0.2) is 13.4 Å². The zero-order valence-electron chi connectivity index (χ0n) is 13.1. The van der Waals surface area contributed by atoms with Crippen LogP contribution in [0.3, 0.4) is 0 Å². The number of anilines is 1. The van der Waals surface area contributed by atoms with Crippen LogP contribution in [0.4, 0.5) is 5.82 Å². The van der Waals surface area contributed by atoms with E-state index in [9.17, 15) is 8.42 Å². The molecule has 130 valence electrons. The molecule has 0 aromatic carbocycles. The zero-order chi connectivity index (χ0) is 17.3. The minimum atomic E-state index is -3.48. The van der Waals surface area contributed by atoms with Gasteiger partial charge in [-0.1, -0.05) is 10.6 Å². The van der Waals surface area contributed by atoms with Gasteiger partial charge < -0.3 is 4.90 Å². The molecule has 10 heteroatoms. The number of piperazine rings is 1. The molecule has 0 unspecified atom stereocenters. The van der Waals surface area contributed by atoms with Crippen LogP contribution >= 0.6 is 22.9 Å². The Hall–Kier alpha value is -1.88. The summed E-state index contributed by atoms with van der Waals surface area (Å²) in [4.78, 5) is 7.25. The molecule has 0 aliphatic carbocycles. The van der Waals surface area contributed by atoms with Gasteiger partial charge in [0, 0.05) is 37.8 Å². The lowest BCUT2D eigenvalue weighted by Crippen LogP contribution is -2.48. The fourth-order valence-corrected chi connectivity index (χ4v) is 6.06. The summed E-state index contributed by atoms with van der Waals surface area (Å²) >= 11 is 2.49. The SMILES string of the molecule is O=S(=O)(c1ccc(-c2csnn2)s1)N1CCN(c2ccccn2)CC1. The minimum absolute atomic E-state index is 0.349. The first kappa shape index (κ1) is 16.6. The van der Waals surface area contributed by atoms with Gasteiger partial charge in [-0.2, -0.15) is 4.31 Å². The van der Waals surface area contributed by atoms with E-state index in [-0.39, 0.29) is 0 Å². The van der Waals surface area contributed by atoms with Crippen molar-refractivity contribution in [1.29, 1.82) is 0 Å². The average Bonchev–Trinajstić information content (AvgIpc) is 3.34. The summed E-state index contributed by atoms with van der Waals surface area (Å²) in [5.74, 6) is 0.883. The molecule has 0 radical (unpaired) electrons. The summed E-state index contributed by atoms with van der Waals surface area (Å²) in [6, 6.07) is 9.19. The lowest BCUT2D eigenvalue weighted by atomic mass is 10.3. The van der Waals surface area contributed by atoms with E-state index in [1.807, 2.05) is 23.6 Å². The highest BCUT2D eigenvalue weighted by molar-refractivity contribution is 7.91. The van der Waals surface area contributed by atoms with Crippen molar-refractivity contribution in [3.63, 3.8) is 0 Å². The van der Waals surface area contributed by atoms with Crippen molar-refractivity contribution < 1.29 is 8.42 Å². The van der Waals surface area contributed by atoms with Crippen LogP contribution in [0.2, 0.25) is 0 Å². The zero-order valence-corrected chi connectivity index (χ0v) is 15.6. The molecule has 25 heavy (non-hydrogen) atoms. The maximum absolute atomic E-state index is 12.9. The second-order valence-corrected chi connectivity index (χ2v) is 9.35. The highest BCUT2D eigenvalue weighted by Gasteiger charge is 2.30. The molecular formula is C15H15N5O2S3. The Balaban J connectivity index is 1.49. The predicted octanol–water partition coefficient (Wildman–Crippen LogP) is 2.17. The second-order valence-electron chi connectivity index (χ2n) is 5.49. The molecule has 3 aromatic rings. The van der Waals surface area contributed by atoms with Crippen molar-refractivity contribution in [2.75, 3.05) is 31.1 Å². The molecule has 0 saturated carbocycles. The van der Waals surface area contributed by atoms with Gasteiger partial charge in [0.25, 0.3) is 10.0 Å². The van der Waals surface area contributed by atoms with Gasteiger partial charge in [-0.3, -0.25) is 0 Å². The molecular weight excluding hydrogens is 378 g/mol.